The smallest absolute Gasteiger partial charge is 0.387 e. The molecule has 0 saturated heterocycles. The van der Waals surface area contributed by atoms with Gasteiger partial charge in [0.15, 0.2) is 0 Å². The highest BCUT2D eigenvalue weighted by molar-refractivity contribution is 5.33. The van der Waals surface area contributed by atoms with Crippen LogP contribution in [0.5, 0.6) is 5.75 Å². The number of para-hydroxylation sites is 1. The van der Waals surface area contributed by atoms with Crippen LogP contribution >= 0.6 is 0 Å². The van der Waals surface area contributed by atoms with E-state index >= 15 is 0 Å². The van der Waals surface area contributed by atoms with Crippen LogP contribution in [0, 0.1) is 0 Å². The Balaban J connectivity index is 2.56. The van der Waals surface area contributed by atoms with Crippen LogP contribution in [-0.4, -0.2) is 23.9 Å². The highest BCUT2D eigenvalue weighted by atomic mass is 19.3. The van der Waals surface area contributed by atoms with Crippen LogP contribution in [0.3, 0.4) is 0 Å². The number of rotatable bonds is 7. The number of aliphatic hydroxyl groups is 1. The van der Waals surface area contributed by atoms with Crippen LogP contribution in [0.4, 0.5) is 8.78 Å². The predicted octanol–water partition coefficient (Wildman–Crippen LogP) is 2.54. The second kappa shape index (κ2) is 6.66. The molecule has 0 bridgehead atoms. The first-order valence-electron chi connectivity index (χ1n) is 5.90. The largest absolute Gasteiger partial charge is 0.434 e. The van der Waals surface area contributed by atoms with E-state index in [1.54, 1.807) is 25.1 Å². The summed E-state index contributed by atoms with van der Waals surface area (Å²) in [5.74, 6) is 0.163. The average molecular weight is 259 g/mol. The summed E-state index contributed by atoms with van der Waals surface area (Å²) < 4.78 is 28.8. The molecular formula is C13H19F2NO2. The first kappa shape index (κ1) is 14.9. The third-order valence-corrected chi connectivity index (χ3v) is 2.77. The lowest BCUT2D eigenvalue weighted by molar-refractivity contribution is -0.0505. The minimum Gasteiger partial charge on any atom is -0.434 e. The van der Waals surface area contributed by atoms with Gasteiger partial charge in [0.05, 0.1) is 5.60 Å². The molecule has 1 unspecified atom stereocenters. The second-order valence-electron chi connectivity index (χ2n) is 4.44. The molecule has 1 rings (SSSR count). The Morgan fingerprint density at radius 1 is 1.39 bits per heavy atom. The Morgan fingerprint density at radius 2 is 2.06 bits per heavy atom. The summed E-state index contributed by atoms with van der Waals surface area (Å²) in [6.45, 7) is 1.55. The fourth-order valence-electron chi connectivity index (χ4n) is 1.45. The summed E-state index contributed by atoms with van der Waals surface area (Å²) in [4.78, 5) is 0. The van der Waals surface area contributed by atoms with E-state index in [-0.39, 0.29) is 5.75 Å². The van der Waals surface area contributed by atoms with Crippen molar-refractivity contribution in [3.8, 4) is 5.75 Å². The number of alkyl halides is 2. The van der Waals surface area contributed by atoms with Gasteiger partial charge in [-0.3, -0.25) is 0 Å². The Kier molecular flexibility index (Phi) is 5.50. The van der Waals surface area contributed by atoms with E-state index in [1.165, 1.54) is 6.07 Å². The number of hydrogen-bond acceptors (Lipinski definition) is 3. The Morgan fingerprint density at radius 3 is 2.67 bits per heavy atom. The van der Waals surface area contributed by atoms with Gasteiger partial charge in [0.25, 0.3) is 0 Å². The number of halogens is 2. The van der Waals surface area contributed by atoms with Crippen molar-refractivity contribution < 1.29 is 18.6 Å². The maximum absolute atomic E-state index is 12.2. The lowest BCUT2D eigenvalue weighted by Crippen LogP contribution is -2.36. The number of nitrogens with one attached hydrogen (secondary N) is 1. The van der Waals surface area contributed by atoms with Gasteiger partial charge in [0.2, 0.25) is 0 Å². The molecule has 0 aliphatic carbocycles. The Bertz CT molecular complexity index is 370. The molecule has 0 fully saturated rings. The molecule has 0 saturated carbocycles. The van der Waals surface area contributed by atoms with Crippen LogP contribution < -0.4 is 10.1 Å². The van der Waals surface area contributed by atoms with Crippen LogP contribution in [0.2, 0.25) is 0 Å². The molecule has 0 aromatic heterocycles. The highest BCUT2D eigenvalue weighted by Crippen LogP contribution is 2.20. The van der Waals surface area contributed by atoms with Crippen molar-refractivity contribution in [3.63, 3.8) is 0 Å². The SMILES string of the molecule is CCC(C)(O)CNCc1ccccc1OC(F)F. The molecule has 3 nitrogen and oxygen atoms in total. The van der Waals surface area contributed by atoms with E-state index in [2.05, 4.69) is 10.1 Å². The first-order valence-corrected chi connectivity index (χ1v) is 5.90. The van der Waals surface area contributed by atoms with E-state index in [4.69, 9.17) is 0 Å². The number of ether oxygens (including phenoxy) is 1. The molecule has 0 radical (unpaired) electrons. The van der Waals surface area contributed by atoms with Gasteiger partial charge in [-0.25, -0.2) is 0 Å². The maximum Gasteiger partial charge on any atom is 0.387 e. The third-order valence-electron chi connectivity index (χ3n) is 2.77. The van der Waals surface area contributed by atoms with Gasteiger partial charge >= 0.3 is 6.61 Å². The van der Waals surface area contributed by atoms with Gasteiger partial charge in [-0.2, -0.15) is 8.78 Å². The van der Waals surface area contributed by atoms with Crippen molar-refractivity contribution >= 4 is 0 Å². The fourth-order valence-corrected chi connectivity index (χ4v) is 1.45. The molecule has 1 aromatic carbocycles. The summed E-state index contributed by atoms with van der Waals surface area (Å²) in [7, 11) is 0. The molecule has 0 aliphatic rings. The third kappa shape index (κ3) is 4.98. The normalized spacial score (nSPS) is 14.6. The quantitative estimate of drug-likeness (QED) is 0.790. The van der Waals surface area contributed by atoms with Crippen molar-refractivity contribution in [1.29, 1.82) is 0 Å². The van der Waals surface area contributed by atoms with Crippen LogP contribution in [0.15, 0.2) is 24.3 Å². The Labute approximate surface area is 106 Å². The minimum absolute atomic E-state index is 0.163. The summed E-state index contributed by atoms with van der Waals surface area (Å²) in [6, 6.07) is 6.61. The van der Waals surface area contributed by atoms with Gasteiger partial charge in [0, 0.05) is 18.7 Å². The lowest BCUT2D eigenvalue weighted by Gasteiger charge is -2.22. The maximum atomic E-state index is 12.2. The Hall–Kier alpha value is -1.20. The monoisotopic (exact) mass is 259 g/mol. The standard InChI is InChI=1S/C13H19F2NO2/c1-3-13(2,17)9-16-8-10-6-4-5-7-11(10)18-12(14)15/h4-7,12,16-17H,3,8-9H2,1-2H3. The summed E-state index contributed by atoms with van der Waals surface area (Å²) in [5, 5.41) is 12.8. The van der Waals surface area contributed by atoms with Crippen molar-refractivity contribution in [2.24, 2.45) is 0 Å². The van der Waals surface area contributed by atoms with Gasteiger partial charge in [-0.15, -0.1) is 0 Å². The molecule has 5 heteroatoms. The average Bonchev–Trinajstić information content (AvgIpc) is 2.30. The van der Waals surface area contributed by atoms with Crippen molar-refractivity contribution in [2.45, 2.75) is 39.0 Å². The summed E-state index contributed by atoms with van der Waals surface area (Å²) in [5.41, 5.74) is -0.150. The molecule has 102 valence electrons. The summed E-state index contributed by atoms with van der Waals surface area (Å²) in [6.07, 6.45) is 0.620. The molecule has 1 aromatic rings. The van der Waals surface area contributed by atoms with Gasteiger partial charge in [0.1, 0.15) is 5.75 Å². The molecule has 1 atom stereocenters. The van der Waals surface area contributed by atoms with Gasteiger partial charge in [-0.05, 0) is 19.4 Å². The zero-order valence-electron chi connectivity index (χ0n) is 10.6. The van der Waals surface area contributed by atoms with E-state index < -0.39 is 12.2 Å². The van der Waals surface area contributed by atoms with E-state index in [9.17, 15) is 13.9 Å². The lowest BCUT2D eigenvalue weighted by atomic mass is 10.0. The molecule has 2 N–H and O–H groups in total. The second-order valence-corrected chi connectivity index (χ2v) is 4.44. The summed E-state index contributed by atoms with van der Waals surface area (Å²) >= 11 is 0. The molecule has 0 heterocycles. The van der Waals surface area contributed by atoms with Crippen molar-refractivity contribution in [2.75, 3.05) is 6.54 Å². The highest BCUT2D eigenvalue weighted by Gasteiger charge is 2.17. The van der Waals surface area contributed by atoms with Crippen LogP contribution in [0.25, 0.3) is 0 Å². The van der Waals surface area contributed by atoms with Crippen molar-refractivity contribution in [1.82, 2.24) is 5.32 Å². The zero-order valence-corrected chi connectivity index (χ0v) is 10.6. The van der Waals surface area contributed by atoms with Gasteiger partial charge in [-0.1, -0.05) is 25.1 Å². The number of benzene rings is 1. The minimum atomic E-state index is -2.83. The van der Waals surface area contributed by atoms with Gasteiger partial charge < -0.3 is 15.2 Å². The first-order chi connectivity index (χ1) is 8.44. The molecular weight excluding hydrogens is 240 g/mol. The van der Waals surface area contributed by atoms with Crippen LogP contribution in [-0.2, 0) is 6.54 Å². The molecule has 0 aliphatic heterocycles. The number of hydrogen-bond donors (Lipinski definition) is 2. The van der Waals surface area contributed by atoms with Crippen molar-refractivity contribution in [3.05, 3.63) is 29.8 Å². The topological polar surface area (TPSA) is 41.5 Å². The van der Waals surface area contributed by atoms with E-state index in [0.29, 0.717) is 25.1 Å². The van der Waals surface area contributed by atoms with E-state index in [1.807, 2.05) is 6.92 Å². The van der Waals surface area contributed by atoms with Crippen LogP contribution in [0.1, 0.15) is 25.8 Å². The predicted molar refractivity (Wildman–Crippen MR) is 65.7 cm³/mol. The molecule has 0 spiro atoms. The molecule has 18 heavy (non-hydrogen) atoms. The molecule has 0 amide bonds. The van der Waals surface area contributed by atoms with E-state index in [0.717, 1.165) is 0 Å². The zero-order chi connectivity index (χ0) is 13.6. The fraction of sp³-hybridized carbons (Fsp3) is 0.538.